The van der Waals surface area contributed by atoms with Crippen molar-refractivity contribution in [3.8, 4) is 11.5 Å². The summed E-state index contributed by atoms with van der Waals surface area (Å²) in [6.45, 7) is 5.30. The van der Waals surface area contributed by atoms with Crippen molar-refractivity contribution in [1.29, 1.82) is 0 Å². The van der Waals surface area contributed by atoms with Crippen LogP contribution in [0.1, 0.15) is 45.1 Å². The minimum Gasteiger partial charge on any atom is -0.490 e. The van der Waals surface area contributed by atoms with Gasteiger partial charge in [-0.25, -0.2) is 4.79 Å². The summed E-state index contributed by atoms with van der Waals surface area (Å²) in [6, 6.07) is 5.44. The molecule has 0 heterocycles. The third-order valence-electron chi connectivity index (χ3n) is 2.94. The number of hydrogen-bond donors (Lipinski definition) is 1. The van der Waals surface area contributed by atoms with Crippen LogP contribution in [0.5, 0.6) is 11.5 Å². The maximum atomic E-state index is 10.5. The number of unbranched alkanes of at least 4 members (excludes halogenated alkanes) is 3. The monoisotopic (exact) mass is 292 g/mol. The van der Waals surface area contributed by atoms with Crippen LogP contribution in [0.3, 0.4) is 0 Å². The van der Waals surface area contributed by atoms with Crippen LogP contribution in [-0.4, -0.2) is 24.3 Å². The highest BCUT2D eigenvalue weighted by molar-refractivity contribution is 5.85. The van der Waals surface area contributed by atoms with E-state index >= 15 is 0 Å². The van der Waals surface area contributed by atoms with Crippen molar-refractivity contribution in [3.63, 3.8) is 0 Å². The minimum absolute atomic E-state index is 0.540. The van der Waals surface area contributed by atoms with Gasteiger partial charge in [0.2, 0.25) is 0 Å². The van der Waals surface area contributed by atoms with Crippen molar-refractivity contribution in [2.24, 2.45) is 0 Å². The fourth-order valence-corrected chi connectivity index (χ4v) is 1.89. The van der Waals surface area contributed by atoms with Crippen molar-refractivity contribution in [2.45, 2.75) is 39.5 Å². The predicted octanol–water partition coefficient (Wildman–Crippen LogP) is 4.14. The average Bonchev–Trinajstić information content (AvgIpc) is 2.47. The molecule has 21 heavy (non-hydrogen) atoms. The van der Waals surface area contributed by atoms with Crippen LogP contribution in [0.15, 0.2) is 24.3 Å². The molecular formula is C17H24O4. The molecule has 0 saturated heterocycles. The van der Waals surface area contributed by atoms with Crippen LogP contribution in [0.2, 0.25) is 0 Å². The van der Waals surface area contributed by atoms with E-state index in [0.29, 0.717) is 24.7 Å². The standard InChI is InChI=1S/C17H24O4/c1-3-5-6-7-12-21-15-10-8-14(9-11-17(18)19)13-16(15)20-4-2/h8-11,13H,3-7,12H2,1-2H3,(H,18,19). The molecular weight excluding hydrogens is 268 g/mol. The smallest absolute Gasteiger partial charge is 0.328 e. The van der Waals surface area contributed by atoms with E-state index in [-0.39, 0.29) is 0 Å². The molecule has 1 aromatic carbocycles. The minimum atomic E-state index is -0.968. The molecule has 0 atom stereocenters. The molecule has 0 aliphatic rings. The molecule has 0 spiro atoms. The van der Waals surface area contributed by atoms with Crippen molar-refractivity contribution < 1.29 is 19.4 Å². The topological polar surface area (TPSA) is 55.8 Å². The summed E-state index contributed by atoms with van der Waals surface area (Å²) in [5.41, 5.74) is 0.777. The van der Waals surface area contributed by atoms with E-state index in [1.165, 1.54) is 25.3 Å². The van der Waals surface area contributed by atoms with E-state index in [0.717, 1.165) is 18.1 Å². The summed E-state index contributed by atoms with van der Waals surface area (Å²) >= 11 is 0. The Kier molecular flexibility index (Phi) is 8.02. The van der Waals surface area contributed by atoms with Gasteiger partial charge < -0.3 is 14.6 Å². The summed E-state index contributed by atoms with van der Waals surface area (Å²) in [6.07, 6.45) is 7.27. The number of carbonyl (C=O) groups is 1. The van der Waals surface area contributed by atoms with Crippen molar-refractivity contribution in [3.05, 3.63) is 29.8 Å². The predicted molar refractivity (Wildman–Crippen MR) is 83.9 cm³/mol. The van der Waals surface area contributed by atoms with Crippen molar-refractivity contribution in [2.75, 3.05) is 13.2 Å². The Labute approximate surface area is 126 Å². The second-order valence-electron chi connectivity index (χ2n) is 4.72. The van der Waals surface area contributed by atoms with E-state index in [2.05, 4.69) is 6.92 Å². The highest BCUT2D eigenvalue weighted by atomic mass is 16.5. The fourth-order valence-electron chi connectivity index (χ4n) is 1.89. The lowest BCUT2D eigenvalue weighted by Gasteiger charge is -2.12. The first kappa shape index (κ1) is 17.1. The van der Waals surface area contributed by atoms with Gasteiger partial charge in [-0.1, -0.05) is 32.3 Å². The molecule has 0 fully saturated rings. The first-order valence-corrected chi connectivity index (χ1v) is 7.48. The van der Waals surface area contributed by atoms with Crippen molar-refractivity contribution in [1.82, 2.24) is 0 Å². The molecule has 0 aliphatic heterocycles. The number of carboxylic acids is 1. The lowest BCUT2D eigenvalue weighted by molar-refractivity contribution is -0.131. The number of hydrogen-bond acceptors (Lipinski definition) is 3. The van der Waals surface area contributed by atoms with E-state index < -0.39 is 5.97 Å². The van der Waals surface area contributed by atoms with Crippen molar-refractivity contribution >= 4 is 12.0 Å². The molecule has 0 radical (unpaired) electrons. The lowest BCUT2D eigenvalue weighted by atomic mass is 10.2. The first-order chi connectivity index (χ1) is 10.2. The van der Waals surface area contributed by atoms with Crippen LogP contribution in [0.25, 0.3) is 6.08 Å². The van der Waals surface area contributed by atoms with Crippen LogP contribution in [0, 0.1) is 0 Å². The molecule has 0 unspecified atom stereocenters. The molecule has 0 aromatic heterocycles. The van der Waals surface area contributed by atoms with Gasteiger partial charge in [0.15, 0.2) is 11.5 Å². The second kappa shape index (κ2) is 9.86. The van der Waals surface area contributed by atoms with E-state index in [1.807, 2.05) is 19.1 Å². The first-order valence-electron chi connectivity index (χ1n) is 7.48. The zero-order valence-electron chi connectivity index (χ0n) is 12.8. The lowest BCUT2D eigenvalue weighted by Crippen LogP contribution is -2.01. The molecule has 0 amide bonds. The normalized spacial score (nSPS) is 10.8. The summed E-state index contributed by atoms with van der Waals surface area (Å²) in [4.78, 5) is 10.5. The zero-order valence-corrected chi connectivity index (χ0v) is 12.8. The summed E-state index contributed by atoms with van der Waals surface area (Å²) in [5, 5.41) is 8.65. The van der Waals surface area contributed by atoms with Gasteiger partial charge in [0.25, 0.3) is 0 Å². The van der Waals surface area contributed by atoms with E-state index in [4.69, 9.17) is 14.6 Å². The Morgan fingerprint density at radius 1 is 1.14 bits per heavy atom. The summed E-state index contributed by atoms with van der Waals surface area (Å²) < 4.78 is 11.3. The second-order valence-corrected chi connectivity index (χ2v) is 4.72. The summed E-state index contributed by atoms with van der Waals surface area (Å²) in [5.74, 6) is 0.394. The molecule has 1 N–H and O–H groups in total. The Bertz CT molecular complexity index is 466. The summed E-state index contributed by atoms with van der Waals surface area (Å²) in [7, 11) is 0. The highest BCUT2D eigenvalue weighted by Gasteiger charge is 2.05. The van der Waals surface area contributed by atoms with Gasteiger partial charge in [-0.2, -0.15) is 0 Å². The largest absolute Gasteiger partial charge is 0.490 e. The molecule has 0 saturated carbocycles. The van der Waals surface area contributed by atoms with Gasteiger partial charge in [-0.15, -0.1) is 0 Å². The Morgan fingerprint density at radius 2 is 1.95 bits per heavy atom. The maximum Gasteiger partial charge on any atom is 0.328 e. The number of aliphatic carboxylic acids is 1. The average molecular weight is 292 g/mol. The third-order valence-corrected chi connectivity index (χ3v) is 2.94. The number of ether oxygens (including phenoxy) is 2. The number of benzene rings is 1. The molecule has 0 aliphatic carbocycles. The third kappa shape index (κ3) is 6.84. The molecule has 4 heteroatoms. The molecule has 0 bridgehead atoms. The van der Waals surface area contributed by atoms with Gasteiger partial charge in [0.1, 0.15) is 0 Å². The zero-order chi connectivity index (χ0) is 15.5. The van der Waals surface area contributed by atoms with E-state index in [1.54, 1.807) is 6.07 Å². The molecule has 1 rings (SSSR count). The molecule has 116 valence electrons. The van der Waals surface area contributed by atoms with Gasteiger partial charge >= 0.3 is 5.97 Å². The van der Waals surface area contributed by atoms with Gasteiger partial charge in [-0.3, -0.25) is 0 Å². The van der Waals surface area contributed by atoms with Crippen LogP contribution in [0.4, 0.5) is 0 Å². The SMILES string of the molecule is CCCCCCOc1ccc(C=CC(=O)O)cc1OCC. The maximum absolute atomic E-state index is 10.5. The van der Waals surface area contributed by atoms with Crippen LogP contribution in [-0.2, 0) is 4.79 Å². The van der Waals surface area contributed by atoms with Crippen LogP contribution >= 0.6 is 0 Å². The Balaban J connectivity index is 2.67. The molecule has 4 nitrogen and oxygen atoms in total. The fraction of sp³-hybridized carbons (Fsp3) is 0.471. The number of rotatable bonds is 10. The van der Waals surface area contributed by atoms with Crippen LogP contribution < -0.4 is 9.47 Å². The quantitative estimate of drug-likeness (QED) is 0.520. The van der Waals surface area contributed by atoms with E-state index in [9.17, 15) is 4.79 Å². The Morgan fingerprint density at radius 3 is 2.62 bits per heavy atom. The van der Waals surface area contributed by atoms with Gasteiger partial charge in [0.05, 0.1) is 13.2 Å². The number of carboxylic acid groups (broad SMARTS) is 1. The Hall–Kier alpha value is -1.97. The molecule has 1 aromatic rings. The van der Waals surface area contributed by atoms with Gasteiger partial charge in [0, 0.05) is 6.08 Å². The van der Waals surface area contributed by atoms with Gasteiger partial charge in [-0.05, 0) is 37.1 Å². The highest BCUT2D eigenvalue weighted by Crippen LogP contribution is 2.29.